The molecule has 0 spiro atoms. The van der Waals surface area contributed by atoms with E-state index in [1.165, 1.54) is 0 Å². The zero-order valence-electron chi connectivity index (χ0n) is 13.7. The van der Waals surface area contributed by atoms with Crippen LogP contribution in [0.2, 0.25) is 0 Å². The van der Waals surface area contributed by atoms with Gasteiger partial charge in [0.1, 0.15) is 5.75 Å². The minimum absolute atomic E-state index is 0.00658. The van der Waals surface area contributed by atoms with Gasteiger partial charge in [-0.05, 0) is 37.1 Å². The van der Waals surface area contributed by atoms with Gasteiger partial charge in [0.25, 0.3) is 5.91 Å². The lowest BCUT2D eigenvalue weighted by atomic mass is 10.1. The lowest BCUT2D eigenvalue weighted by Gasteiger charge is -2.30. The Balaban J connectivity index is 1.81. The van der Waals surface area contributed by atoms with E-state index in [1.807, 2.05) is 48.5 Å². The molecule has 1 saturated heterocycles. The van der Waals surface area contributed by atoms with Crippen molar-refractivity contribution in [1.82, 2.24) is 4.90 Å². The van der Waals surface area contributed by atoms with Gasteiger partial charge in [-0.3, -0.25) is 4.79 Å². The normalized spacial score (nSPS) is 15.2. The van der Waals surface area contributed by atoms with E-state index in [-0.39, 0.29) is 12.0 Å². The molecule has 0 aliphatic carbocycles. The van der Waals surface area contributed by atoms with Crippen LogP contribution in [-0.4, -0.2) is 42.2 Å². The van der Waals surface area contributed by atoms with E-state index in [1.54, 1.807) is 12.0 Å². The lowest BCUT2D eigenvalue weighted by Crippen LogP contribution is -2.40. The van der Waals surface area contributed by atoms with Crippen LogP contribution in [0.1, 0.15) is 23.2 Å². The van der Waals surface area contributed by atoms with E-state index in [4.69, 9.17) is 4.74 Å². The summed E-state index contributed by atoms with van der Waals surface area (Å²) in [5.41, 5.74) is 2.27. The van der Waals surface area contributed by atoms with Crippen LogP contribution in [0.3, 0.4) is 0 Å². The molecule has 1 aliphatic heterocycles. The fraction of sp³-hybridized carbons (Fsp3) is 0.316. The molecular weight excluding hydrogens is 304 g/mol. The minimum Gasteiger partial charge on any atom is -0.497 e. The number of methoxy groups -OCH3 is 1. The summed E-state index contributed by atoms with van der Waals surface area (Å²) >= 11 is 0. The van der Waals surface area contributed by atoms with Crippen LogP contribution in [0.5, 0.6) is 5.75 Å². The molecular formula is C19H22N2O3. The molecule has 2 N–H and O–H groups in total. The van der Waals surface area contributed by atoms with E-state index < -0.39 is 0 Å². The SMILES string of the molecule is COc1cccc(Nc2ccccc2C(=O)N2CCC(O)CC2)c1. The smallest absolute Gasteiger partial charge is 0.255 e. The second-order valence-electron chi connectivity index (χ2n) is 5.93. The van der Waals surface area contributed by atoms with Gasteiger partial charge in [0, 0.05) is 24.8 Å². The highest BCUT2D eigenvalue weighted by atomic mass is 16.5. The molecule has 5 heteroatoms. The van der Waals surface area contributed by atoms with Gasteiger partial charge in [-0.25, -0.2) is 0 Å². The zero-order chi connectivity index (χ0) is 16.9. The first-order valence-corrected chi connectivity index (χ1v) is 8.15. The predicted octanol–water partition coefficient (Wildman–Crippen LogP) is 3.04. The Bertz CT molecular complexity index is 709. The molecule has 1 fully saturated rings. The van der Waals surface area contributed by atoms with Crippen molar-refractivity contribution < 1.29 is 14.6 Å². The summed E-state index contributed by atoms with van der Waals surface area (Å²) in [6, 6.07) is 15.1. The van der Waals surface area contributed by atoms with Gasteiger partial charge in [-0.2, -0.15) is 0 Å². The van der Waals surface area contributed by atoms with Crippen molar-refractivity contribution in [3.8, 4) is 5.75 Å². The number of nitrogens with zero attached hydrogens (tertiary/aromatic N) is 1. The Labute approximate surface area is 141 Å². The number of amides is 1. The maximum absolute atomic E-state index is 12.8. The fourth-order valence-corrected chi connectivity index (χ4v) is 2.87. The van der Waals surface area contributed by atoms with Gasteiger partial charge >= 0.3 is 0 Å². The maximum Gasteiger partial charge on any atom is 0.255 e. The summed E-state index contributed by atoms with van der Waals surface area (Å²) in [5.74, 6) is 0.752. The summed E-state index contributed by atoms with van der Waals surface area (Å²) in [5, 5.41) is 12.9. The highest BCUT2D eigenvalue weighted by Crippen LogP contribution is 2.25. The first kappa shape index (κ1) is 16.3. The van der Waals surface area contributed by atoms with Crippen LogP contribution < -0.4 is 10.1 Å². The number of piperidine rings is 1. The Morgan fingerprint density at radius 3 is 2.67 bits per heavy atom. The number of para-hydroxylation sites is 1. The van der Waals surface area contributed by atoms with Crippen LogP contribution in [0.15, 0.2) is 48.5 Å². The van der Waals surface area contributed by atoms with Crippen molar-refractivity contribution in [2.75, 3.05) is 25.5 Å². The molecule has 0 atom stereocenters. The van der Waals surface area contributed by atoms with E-state index in [2.05, 4.69) is 5.32 Å². The number of hydrogen-bond donors (Lipinski definition) is 2. The number of benzene rings is 2. The van der Waals surface area contributed by atoms with Gasteiger partial charge in [-0.15, -0.1) is 0 Å². The predicted molar refractivity (Wildman–Crippen MR) is 93.9 cm³/mol. The maximum atomic E-state index is 12.8. The van der Waals surface area contributed by atoms with Gasteiger partial charge in [-0.1, -0.05) is 18.2 Å². The van der Waals surface area contributed by atoms with Gasteiger partial charge in [0.05, 0.1) is 24.5 Å². The molecule has 0 unspecified atom stereocenters. The number of hydrogen-bond acceptors (Lipinski definition) is 4. The molecule has 0 bridgehead atoms. The number of nitrogens with one attached hydrogen (secondary N) is 1. The number of carbonyl (C=O) groups excluding carboxylic acids is 1. The minimum atomic E-state index is -0.292. The van der Waals surface area contributed by atoms with Crippen molar-refractivity contribution in [2.24, 2.45) is 0 Å². The average molecular weight is 326 g/mol. The summed E-state index contributed by atoms with van der Waals surface area (Å²) in [6.45, 7) is 1.18. The van der Waals surface area contributed by atoms with Crippen molar-refractivity contribution >= 4 is 17.3 Å². The molecule has 126 valence electrons. The monoisotopic (exact) mass is 326 g/mol. The Kier molecular flexibility index (Phi) is 5.01. The molecule has 1 aliphatic rings. The van der Waals surface area contributed by atoms with Gasteiger partial charge in [0.2, 0.25) is 0 Å². The first-order valence-electron chi connectivity index (χ1n) is 8.15. The van der Waals surface area contributed by atoms with Crippen molar-refractivity contribution in [1.29, 1.82) is 0 Å². The molecule has 1 heterocycles. The zero-order valence-corrected chi connectivity index (χ0v) is 13.7. The number of carbonyl (C=O) groups is 1. The summed E-state index contributed by atoms with van der Waals surface area (Å²) in [4.78, 5) is 14.6. The second-order valence-corrected chi connectivity index (χ2v) is 5.93. The van der Waals surface area contributed by atoms with Crippen LogP contribution in [0, 0.1) is 0 Å². The van der Waals surface area contributed by atoms with Crippen molar-refractivity contribution in [2.45, 2.75) is 18.9 Å². The fourth-order valence-electron chi connectivity index (χ4n) is 2.87. The molecule has 0 aromatic heterocycles. The summed E-state index contributed by atoms with van der Waals surface area (Å²) < 4.78 is 5.24. The molecule has 0 radical (unpaired) electrons. The average Bonchev–Trinajstić information content (AvgIpc) is 2.62. The van der Waals surface area contributed by atoms with Gasteiger partial charge in [0.15, 0.2) is 0 Å². The van der Waals surface area contributed by atoms with Crippen molar-refractivity contribution in [3.05, 3.63) is 54.1 Å². The third-order valence-corrected chi connectivity index (χ3v) is 4.26. The Morgan fingerprint density at radius 1 is 1.17 bits per heavy atom. The molecule has 5 nitrogen and oxygen atoms in total. The summed E-state index contributed by atoms with van der Waals surface area (Å²) in [6.07, 6.45) is 0.980. The molecule has 3 rings (SSSR count). The highest BCUT2D eigenvalue weighted by Gasteiger charge is 2.23. The molecule has 1 amide bonds. The topological polar surface area (TPSA) is 61.8 Å². The van der Waals surface area contributed by atoms with Gasteiger partial charge < -0.3 is 20.1 Å². The number of rotatable bonds is 4. The standard InChI is InChI=1S/C19H22N2O3/c1-24-16-6-4-5-14(13-16)20-18-8-3-2-7-17(18)19(23)21-11-9-15(22)10-12-21/h2-8,13,15,20,22H,9-12H2,1H3. The molecule has 0 saturated carbocycles. The Hall–Kier alpha value is -2.53. The lowest BCUT2D eigenvalue weighted by molar-refractivity contribution is 0.0547. The quantitative estimate of drug-likeness (QED) is 0.906. The number of aliphatic hydroxyl groups excluding tert-OH is 1. The third kappa shape index (κ3) is 3.68. The highest BCUT2D eigenvalue weighted by molar-refractivity contribution is 6.00. The van der Waals surface area contributed by atoms with Crippen LogP contribution in [-0.2, 0) is 0 Å². The second kappa shape index (κ2) is 7.36. The first-order chi connectivity index (χ1) is 11.7. The van der Waals surface area contributed by atoms with Crippen molar-refractivity contribution in [3.63, 3.8) is 0 Å². The third-order valence-electron chi connectivity index (χ3n) is 4.26. The number of ether oxygens (including phenoxy) is 1. The van der Waals surface area contributed by atoms with Crippen LogP contribution in [0.4, 0.5) is 11.4 Å². The van der Waals surface area contributed by atoms with E-state index in [0.29, 0.717) is 31.5 Å². The van der Waals surface area contributed by atoms with Crippen LogP contribution in [0.25, 0.3) is 0 Å². The number of anilines is 2. The van der Waals surface area contributed by atoms with E-state index >= 15 is 0 Å². The summed E-state index contributed by atoms with van der Waals surface area (Å²) in [7, 11) is 1.63. The number of likely N-dealkylation sites (tertiary alicyclic amines) is 1. The molecule has 24 heavy (non-hydrogen) atoms. The van der Waals surface area contributed by atoms with Crippen LogP contribution >= 0.6 is 0 Å². The molecule has 2 aromatic carbocycles. The Morgan fingerprint density at radius 2 is 1.92 bits per heavy atom. The van der Waals surface area contributed by atoms with E-state index in [0.717, 1.165) is 17.1 Å². The largest absolute Gasteiger partial charge is 0.497 e. The molecule has 2 aromatic rings. The number of aliphatic hydroxyl groups is 1. The van der Waals surface area contributed by atoms with E-state index in [9.17, 15) is 9.90 Å².